The summed E-state index contributed by atoms with van der Waals surface area (Å²) in [5.74, 6) is 1.63. The predicted octanol–water partition coefficient (Wildman–Crippen LogP) is 1.64. The maximum Gasteiger partial charge on any atom is 0.161 e. The lowest BCUT2D eigenvalue weighted by atomic mass is 9.88. The molecule has 0 aromatic heterocycles. The molecule has 4 nitrogen and oxygen atoms in total. The fraction of sp³-hybridized carbons (Fsp3) is 0.538. The van der Waals surface area contributed by atoms with Gasteiger partial charge in [0, 0.05) is 7.11 Å². The molecule has 0 saturated carbocycles. The molecule has 17 heavy (non-hydrogen) atoms. The van der Waals surface area contributed by atoms with E-state index >= 15 is 0 Å². The van der Waals surface area contributed by atoms with Crippen LogP contribution in [-0.4, -0.2) is 33.5 Å². The van der Waals surface area contributed by atoms with Crippen LogP contribution in [0.5, 0.6) is 11.5 Å². The van der Waals surface area contributed by atoms with Gasteiger partial charge in [-0.25, -0.2) is 0 Å². The Morgan fingerprint density at radius 1 is 1.12 bits per heavy atom. The van der Waals surface area contributed by atoms with Gasteiger partial charge in [0.15, 0.2) is 11.5 Å². The van der Waals surface area contributed by atoms with E-state index in [2.05, 4.69) is 6.92 Å². The molecule has 2 aliphatic heterocycles. The summed E-state index contributed by atoms with van der Waals surface area (Å²) < 4.78 is 22.1. The molecule has 3 rings (SSSR count). The molecule has 1 saturated heterocycles. The van der Waals surface area contributed by atoms with Crippen LogP contribution in [0, 0.1) is 6.92 Å². The molecule has 4 heteroatoms. The van der Waals surface area contributed by atoms with Crippen molar-refractivity contribution in [2.45, 2.75) is 12.5 Å². The third-order valence-electron chi connectivity index (χ3n) is 3.44. The molecule has 1 aromatic rings. The summed E-state index contributed by atoms with van der Waals surface area (Å²) in [5.41, 5.74) is 1.98. The van der Waals surface area contributed by atoms with Gasteiger partial charge in [-0.1, -0.05) is 0 Å². The van der Waals surface area contributed by atoms with Gasteiger partial charge < -0.3 is 18.9 Å². The Hall–Kier alpha value is -1.26. The standard InChI is InChI=1S/C13H16O4/c1-9-5-11-12(17-4-3-16-11)6-10(9)13(14-2)7-15-8-13/h5-6H,3-4,7-8H2,1-2H3. The third kappa shape index (κ3) is 1.59. The zero-order valence-corrected chi connectivity index (χ0v) is 10.1. The number of benzene rings is 1. The van der Waals surface area contributed by atoms with Gasteiger partial charge >= 0.3 is 0 Å². The van der Waals surface area contributed by atoms with E-state index in [-0.39, 0.29) is 5.60 Å². The first-order valence-electron chi connectivity index (χ1n) is 5.79. The lowest BCUT2D eigenvalue weighted by Crippen LogP contribution is -2.48. The second-order valence-electron chi connectivity index (χ2n) is 4.50. The lowest BCUT2D eigenvalue weighted by Gasteiger charge is -2.41. The molecule has 0 N–H and O–H groups in total. The van der Waals surface area contributed by atoms with Gasteiger partial charge in [-0.15, -0.1) is 0 Å². The minimum atomic E-state index is -0.306. The smallest absolute Gasteiger partial charge is 0.161 e. The number of methoxy groups -OCH3 is 1. The van der Waals surface area contributed by atoms with Crippen molar-refractivity contribution in [1.82, 2.24) is 0 Å². The molecule has 92 valence electrons. The van der Waals surface area contributed by atoms with Crippen LogP contribution in [0.15, 0.2) is 12.1 Å². The van der Waals surface area contributed by atoms with Crippen LogP contribution < -0.4 is 9.47 Å². The zero-order valence-electron chi connectivity index (χ0n) is 10.1. The molecule has 0 bridgehead atoms. The zero-order chi connectivity index (χ0) is 11.9. The highest BCUT2D eigenvalue weighted by Crippen LogP contribution is 2.41. The minimum absolute atomic E-state index is 0.306. The number of fused-ring (bicyclic) bond motifs is 1. The molecule has 0 amide bonds. The topological polar surface area (TPSA) is 36.9 Å². The van der Waals surface area contributed by atoms with Gasteiger partial charge in [0.05, 0.1) is 13.2 Å². The maximum absolute atomic E-state index is 5.61. The summed E-state index contributed by atoms with van der Waals surface area (Å²) in [6.07, 6.45) is 0. The summed E-state index contributed by atoms with van der Waals surface area (Å²) in [7, 11) is 1.72. The Morgan fingerprint density at radius 3 is 2.29 bits per heavy atom. The predicted molar refractivity (Wildman–Crippen MR) is 61.7 cm³/mol. The van der Waals surface area contributed by atoms with Gasteiger partial charge in [-0.3, -0.25) is 0 Å². The van der Waals surface area contributed by atoms with Crippen molar-refractivity contribution >= 4 is 0 Å². The fourth-order valence-electron chi connectivity index (χ4n) is 2.35. The van der Waals surface area contributed by atoms with Crippen LogP contribution in [0.2, 0.25) is 0 Å². The van der Waals surface area contributed by atoms with Crippen LogP contribution >= 0.6 is 0 Å². The summed E-state index contributed by atoms with van der Waals surface area (Å²) in [6, 6.07) is 4.04. The summed E-state index contributed by atoms with van der Waals surface area (Å²) in [6.45, 7) is 4.48. The maximum atomic E-state index is 5.61. The number of ether oxygens (including phenoxy) is 4. The SMILES string of the molecule is COC1(c2cc3c(cc2C)OCCO3)COC1. The number of aryl methyl sites for hydroxylation is 1. The molecule has 0 radical (unpaired) electrons. The Bertz CT molecular complexity index is 432. The average molecular weight is 236 g/mol. The van der Waals surface area contributed by atoms with Gasteiger partial charge in [0.1, 0.15) is 18.8 Å². The van der Waals surface area contributed by atoms with Gasteiger partial charge in [-0.2, -0.15) is 0 Å². The van der Waals surface area contributed by atoms with E-state index in [1.807, 2.05) is 12.1 Å². The van der Waals surface area contributed by atoms with E-state index in [4.69, 9.17) is 18.9 Å². The molecular formula is C13H16O4. The van der Waals surface area contributed by atoms with E-state index in [0.717, 1.165) is 22.6 Å². The number of hydrogen-bond acceptors (Lipinski definition) is 4. The highest BCUT2D eigenvalue weighted by Gasteiger charge is 2.42. The van der Waals surface area contributed by atoms with Crippen LogP contribution in [-0.2, 0) is 15.1 Å². The molecule has 0 aliphatic carbocycles. The van der Waals surface area contributed by atoms with Crippen molar-refractivity contribution in [3.8, 4) is 11.5 Å². The van der Waals surface area contributed by atoms with Crippen molar-refractivity contribution in [3.05, 3.63) is 23.3 Å². The largest absolute Gasteiger partial charge is 0.486 e. The van der Waals surface area contributed by atoms with E-state index in [9.17, 15) is 0 Å². The van der Waals surface area contributed by atoms with Gasteiger partial charge in [-0.05, 0) is 30.2 Å². The van der Waals surface area contributed by atoms with Crippen LogP contribution in [0.1, 0.15) is 11.1 Å². The monoisotopic (exact) mass is 236 g/mol. The van der Waals surface area contributed by atoms with Crippen molar-refractivity contribution in [3.63, 3.8) is 0 Å². The molecule has 0 atom stereocenters. The summed E-state index contributed by atoms with van der Waals surface area (Å²) >= 11 is 0. The first kappa shape index (κ1) is 10.9. The molecule has 2 aliphatic rings. The van der Waals surface area contributed by atoms with Gasteiger partial charge in [0.2, 0.25) is 0 Å². The second kappa shape index (κ2) is 3.89. The summed E-state index contributed by atoms with van der Waals surface area (Å²) in [5, 5.41) is 0. The number of hydrogen-bond donors (Lipinski definition) is 0. The lowest BCUT2D eigenvalue weighted by molar-refractivity contribution is -0.202. The first-order chi connectivity index (χ1) is 8.25. The Morgan fingerprint density at radius 2 is 1.76 bits per heavy atom. The van der Waals surface area contributed by atoms with E-state index in [0.29, 0.717) is 26.4 Å². The summed E-state index contributed by atoms with van der Waals surface area (Å²) in [4.78, 5) is 0. The molecular weight excluding hydrogens is 220 g/mol. The molecule has 1 aromatic carbocycles. The highest BCUT2D eigenvalue weighted by atomic mass is 16.6. The van der Waals surface area contributed by atoms with E-state index in [1.165, 1.54) is 0 Å². The Balaban J connectivity index is 2.05. The van der Waals surface area contributed by atoms with Crippen LogP contribution in [0.25, 0.3) is 0 Å². The highest BCUT2D eigenvalue weighted by molar-refractivity contribution is 5.50. The second-order valence-corrected chi connectivity index (χ2v) is 4.50. The molecule has 0 unspecified atom stereocenters. The van der Waals surface area contributed by atoms with Crippen molar-refractivity contribution in [1.29, 1.82) is 0 Å². The van der Waals surface area contributed by atoms with E-state index in [1.54, 1.807) is 7.11 Å². The minimum Gasteiger partial charge on any atom is -0.486 e. The van der Waals surface area contributed by atoms with E-state index < -0.39 is 0 Å². The van der Waals surface area contributed by atoms with Crippen molar-refractivity contribution in [2.75, 3.05) is 33.5 Å². The fourth-order valence-corrected chi connectivity index (χ4v) is 2.35. The quantitative estimate of drug-likeness (QED) is 0.782. The third-order valence-corrected chi connectivity index (χ3v) is 3.44. The van der Waals surface area contributed by atoms with Crippen LogP contribution in [0.4, 0.5) is 0 Å². The average Bonchev–Trinajstić information content (AvgIpc) is 2.29. The molecule has 0 spiro atoms. The van der Waals surface area contributed by atoms with Crippen molar-refractivity contribution < 1.29 is 18.9 Å². The number of rotatable bonds is 2. The van der Waals surface area contributed by atoms with Gasteiger partial charge in [0.25, 0.3) is 0 Å². The van der Waals surface area contributed by atoms with Crippen molar-refractivity contribution in [2.24, 2.45) is 0 Å². The molecule has 1 fully saturated rings. The normalized spacial score (nSPS) is 20.8. The Labute approximate surface area is 100 Å². The first-order valence-corrected chi connectivity index (χ1v) is 5.79. The Kier molecular flexibility index (Phi) is 2.49. The van der Waals surface area contributed by atoms with Crippen LogP contribution in [0.3, 0.4) is 0 Å². The molecule has 2 heterocycles.